The first kappa shape index (κ1) is 10.8. The molecule has 80 valence electrons. The van der Waals surface area contributed by atoms with Gasteiger partial charge in [-0.3, -0.25) is 9.78 Å². The third-order valence-electron chi connectivity index (χ3n) is 2.16. The van der Waals surface area contributed by atoms with Gasteiger partial charge in [-0.25, -0.2) is 0 Å². The van der Waals surface area contributed by atoms with Crippen LogP contribution in [0.2, 0.25) is 0 Å². The molecule has 0 saturated heterocycles. The van der Waals surface area contributed by atoms with Gasteiger partial charge in [0.1, 0.15) is 0 Å². The molecule has 0 bridgehead atoms. The molecule has 0 fully saturated rings. The highest BCUT2D eigenvalue weighted by atomic mass is 79.9. The minimum absolute atomic E-state index is 0.0905. The maximum absolute atomic E-state index is 12.1. The van der Waals surface area contributed by atoms with E-state index in [0.717, 1.165) is 4.47 Å². The summed E-state index contributed by atoms with van der Waals surface area (Å²) in [6.07, 6.45) is 3.17. The summed E-state index contributed by atoms with van der Waals surface area (Å²) in [5, 5.41) is 0. The fourth-order valence-corrected chi connectivity index (χ4v) is 1.80. The molecule has 16 heavy (non-hydrogen) atoms. The Bertz CT molecular complexity index is 526. The predicted molar refractivity (Wildman–Crippen MR) is 66.2 cm³/mol. The van der Waals surface area contributed by atoms with Crippen molar-refractivity contribution >= 4 is 27.4 Å². The van der Waals surface area contributed by atoms with Gasteiger partial charge in [-0.15, -0.1) is 0 Å². The molecule has 1 aromatic heterocycles. The number of hydrogen-bond donors (Lipinski definition) is 1. The van der Waals surface area contributed by atoms with E-state index >= 15 is 0 Å². The van der Waals surface area contributed by atoms with E-state index in [2.05, 4.69) is 20.9 Å². The van der Waals surface area contributed by atoms with Crippen molar-refractivity contribution in [3.63, 3.8) is 0 Å². The van der Waals surface area contributed by atoms with Gasteiger partial charge in [-0.05, 0) is 30.3 Å². The zero-order valence-electron chi connectivity index (χ0n) is 8.35. The Morgan fingerprint density at radius 1 is 1.31 bits per heavy atom. The van der Waals surface area contributed by atoms with Crippen molar-refractivity contribution in [3.8, 4) is 0 Å². The number of ketones is 1. The van der Waals surface area contributed by atoms with Crippen LogP contribution in [0.1, 0.15) is 15.9 Å². The standard InChI is InChI=1S/C12H9BrN2O/c13-11-4-3-9(14)6-10(11)12(16)8-2-1-5-15-7-8/h1-7H,14H2. The summed E-state index contributed by atoms with van der Waals surface area (Å²) in [4.78, 5) is 16.0. The third kappa shape index (κ3) is 2.12. The number of carbonyl (C=O) groups excluding carboxylic acids is 1. The highest BCUT2D eigenvalue weighted by Crippen LogP contribution is 2.22. The van der Waals surface area contributed by atoms with Gasteiger partial charge in [0.05, 0.1) is 0 Å². The summed E-state index contributed by atoms with van der Waals surface area (Å²) in [6, 6.07) is 8.61. The summed E-state index contributed by atoms with van der Waals surface area (Å²) >= 11 is 3.33. The number of anilines is 1. The van der Waals surface area contributed by atoms with Crippen LogP contribution in [0.5, 0.6) is 0 Å². The molecule has 0 spiro atoms. The molecule has 2 rings (SSSR count). The lowest BCUT2D eigenvalue weighted by Crippen LogP contribution is -2.03. The number of halogens is 1. The molecular formula is C12H9BrN2O. The van der Waals surface area contributed by atoms with Crippen LogP contribution in [0.15, 0.2) is 47.2 Å². The highest BCUT2D eigenvalue weighted by Gasteiger charge is 2.12. The third-order valence-corrected chi connectivity index (χ3v) is 2.85. The number of hydrogen-bond acceptors (Lipinski definition) is 3. The molecule has 0 aliphatic rings. The first-order chi connectivity index (χ1) is 7.68. The number of carbonyl (C=O) groups is 1. The van der Waals surface area contributed by atoms with Gasteiger partial charge >= 0.3 is 0 Å². The van der Waals surface area contributed by atoms with Crippen LogP contribution >= 0.6 is 15.9 Å². The van der Waals surface area contributed by atoms with E-state index in [1.807, 2.05) is 0 Å². The minimum atomic E-state index is -0.0905. The molecule has 4 heteroatoms. The van der Waals surface area contributed by atoms with E-state index in [-0.39, 0.29) is 5.78 Å². The van der Waals surface area contributed by atoms with Crippen molar-refractivity contribution in [2.75, 3.05) is 5.73 Å². The molecule has 0 aliphatic carbocycles. The molecule has 1 aromatic carbocycles. The topological polar surface area (TPSA) is 56.0 Å². The second kappa shape index (κ2) is 4.45. The van der Waals surface area contributed by atoms with Crippen molar-refractivity contribution in [1.29, 1.82) is 0 Å². The second-order valence-corrected chi connectivity index (χ2v) is 4.16. The molecule has 3 nitrogen and oxygen atoms in total. The largest absolute Gasteiger partial charge is 0.399 e. The first-order valence-corrected chi connectivity index (χ1v) is 5.47. The molecule has 0 amide bonds. The Morgan fingerprint density at radius 3 is 2.81 bits per heavy atom. The molecule has 1 heterocycles. The lowest BCUT2D eigenvalue weighted by Gasteiger charge is -2.04. The quantitative estimate of drug-likeness (QED) is 0.678. The summed E-state index contributed by atoms with van der Waals surface area (Å²) in [5.74, 6) is -0.0905. The van der Waals surface area contributed by atoms with Crippen LogP contribution in [-0.4, -0.2) is 10.8 Å². The Hall–Kier alpha value is -1.68. The summed E-state index contributed by atoms with van der Waals surface area (Å²) in [5.41, 5.74) is 7.32. The summed E-state index contributed by atoms with van der Waals surface area (Å²) in [7, 11) is 0. The normalized spacial score (nSPS) is 10.1. The van der Waals surface area contributed by atoms with Gasteiger partial charge < -0.3 is 5.73 Å². The summed E-state index contributed by atoms with van der Waals surface area (Å²) in [6.45, 7) is 0. The smallest absolute Gasteiger partial charge is 0.195 e. The number of aromatic nitrogens is 1. The molecule has 0 saturated carbocycles. The van der Waals surface area contributed by atoms with E-state index in [9.17, 15) is 4.79 Å². The van der Waals surface area contributed by atoms with Crippen molar-refractivity contribution in [1.82, 2.24) is 4.98 Å². The molecule has 0 unspecified atom stereocenters. The molecule has 2 N–H and O–H groups in total. The van der Waals surface area contributed by atoms with E-state index < -0.39 is 0 Å². The molecule has 2 aromatic rings. The maximum atomic E-state index is 12.1. The fraction of sp³-hybridized carbons (Fsp3) is 0. The Labute approximate surface area is 101 Å². The van der Waals surface area contributed by atoms with Gasteiger partial charge in [0.15, 0.2) is 5.78 Å². The van der Waals surface area contributed by atoms with Crippen LogP contribution < -0.4 is 5.73 Å². The zero-order chi connectivity index (χ0) is 11.5. The number of nitrogens with two attached hydrogens (primary N) is 1. The Morgan fingerprint density at radius 2 is 2.12 bits per heavy atom. The SMILES string of the molecule is Nc1ccc(Br)c(C(=O)c2cccnc2)c1. The molecule has 0 atom stereocenters. The molecular weight excluding hydrogens is 268 g/mol. The number of rotatable bonds is 2. The molecule has 0 radical (unpaired) electrons. The van der Waals surface area contributed by atoms with Gasteiger partial charge in [0.2, 0.25) is 0 Å². The summed E-state index contributed by atoms with van der Waals surface area (Å²) < 4.78 is 0.732. The Balaban J connectivity index is 2.46. The zero-order valence-corrected chi connectivity index (χ0v) is 9.94. The molecule has 0 aliphatic heterocycles. The number of nitrogen functional groups attached to an aromatic ring is 1. The van der Waals surface area contributed by atoms with E-state index in [1.165, 1.54) is 6.20 Å². The van der Waals surface area contributed by atoms with Gasteiger partial charge in [0, 0.05) is 33.7 Å². The average Bonchev–Trinajstić information content (AvgIpc) is 2.32. The maximum Gasteiger partial charge on any atom is 0.195 e. The van der Waals surface area contributed by atoms with Crippen molar-refractivity contribution in [2.24, 2.45) is 0 Å². The average molecular weight is 277 g/mol. The number of nitrogens with zero attached hydrogens (tertiary/aromatic N) is 1. The van der Waals surface area contributed by atoms with Crippen LogP contribution in [0.4, 0.5) is 5.69 Å². The van der Waals surface area contributed by atoms with Crippen LogP contribution in [0.3, 0.4) is 0 Å². The first-order valence-electron chi connectivity index (χ1n) is 4.68. The van der Waals surface area contributed by atoms with Crippen LogP contribution in [-0.2, 0) is 0 Å². The van der Waals surface area contributed by atoms with Crippen LogP contribution in [0.25, 0.3) is 0 Å². The van der Waals surface area contributed by atoms with Gasteiger partial charge in [0.25, 0.3) is 0 Å². The lowest BCUT2D eigenvalue weighted by atomic mass is 10.0. The minimum Gasteiger partial charge on any atom is -0.399 e. The monoisotopic (exact) mass is 276 g/mol. The van der Waals surface area contributed by atoms with Crippen molar-refractivity contribution in [3.05, 3.63) is 58.3 Å². The van der Waals surface area contributed by atoms with Gasteiger partial charge in [-0.2, -0.15) is 0 Å². The van der Waals surface area contributed by atoms with E-state index in [0.29, 0.717) is 16.8 Å². The van der Waals surface area contributed by atoms with Crippen molar-refractivity contribution in [2.45, 2.75) is 0 Å². The Kier molecular flexibility index (Phi) is 3.01. The second-order valence-electron chi connectivity index (χ2n) is 3.31. The fourth-order valence-electron chi connectivity index (χ4n) is 1.37. The highest BCUT2D eigenvalue weighted by molar-refractivity contribution is 9.10. The van der Waals surface area contributed by atoms with Crippen LogP contribution in [0, 0.1) is 0 Å². The van der Waals surface area contributed by atoms with Gasteiger partial charge in [-0.1, -0.05) is 15.9 Å². The van der Waals surface area contributed by atoms with E-state index in [1.54, 1.807) is 36.5 Å². The van der Waals surface area contributed by atoms with Crippen molar-refractivity contribution < 1.29 is 4.79 Å². The number of benzene rings is 1. The predicted octanol–water partition coefficient (Wildman–Crippen LogP) is 2.66. The van der Waals surface area contributed by atoms with E-state index in [4.69, 9.17) is 5.73 Å². The number of pyridine rings is 1. The lowest BCUT2D eigenvalue weighted by molar-refractivity contribution is 0.103.